The molecule has 3 aromatic carbocycles. The molecule has 0 spiro atoms. The van der Waals surface area contributed by atoms with Gasteiger partial charge in [0.05, 0.1) is 11.4 Å². The van der Waals surface area contributed by atoms with Crippen LogP contribution in [0.15, 0.2) is 66.7 Å². The largest absolute Gasteiger partial charge is 0.324 e. The van der Waals surface area contributed by atoms with Crippen LogP contribution in [0.2, 0.25) is 0 Å². The third kappa shape index (κ3) is 5.52. The van der Waals surface area contributed by atoms with E-state index in [9.17, 15) is 9.59 Å². The summed E-state index contributed by atoms with van der Waals surface area (Å²) < 4.78 is 0. The smallest absolute Gasteiger partial charge is 0.320 e. The highest BCUT2D eigenvalue weighted by Crippen LogP contribution is 2.30. The second-order valence-corrected chi connectivity index (χ2v) is 8.67. The van der Waals surface area contributed by atoms with Crippen molar-refractivity contribution in [3.8, 4) is 0 Å². The van der Waals surface area contributed by atoms with Crippen molar-refractivity contribution >= 4 is 29.1 Å². The van der Waals surface area contributed by atoms with Gasteiger partial charge in [0.15, 0.2) is 0 Å². The Kier molecular flexibility index (Phi) is 6.63. The molecule has 6 heteroatoms. The molecule has 0 aliphatic carbocycles. The molecule has 33 heavy (non-hydrogen) atoms. The van der Waals surface area contributed by atoms with Crippen molar-refractivity contribution in [2.24, 2.45) is 0 Å². The average molecular weight is 443 g/mol. The van der Waals surface area contributed by atoms with Gasteiger partial charge in [-0.25, -0.2) is 9.59 Å². The van der Waals surface area contributed by atoms with E-state index in [4.69, 9.17) is 0 Å². The third-order valence-corrected chi connectivity index (χ3v) is 5.69. The Bertz CT molecular complexity index is 1140. The fourth-order valence-electron chi connectivity index (χ4n) is 4.32. The Balaban J connectivity index is 1.53. The van der Waals surface area contributed by atoms with Gasteiger partial charge in [-0.15, -0.1) is 0 Å². The maximum Gasteiger partial charge on any atom is 0.324 e. The molecular weight excluding hydrogens is 412 g/mol. The number of anilines is 3. The van der Waals surface area contributed by atoms with E-state index in [1.807, 2.05) is 60.4 Å². The van der Waals surface area contributed by atoms with Crippen LogP contribution in [0.25, 0.3) is 0 Å². The molecule has 1 aliphatic heterocycles. The molecule has 3 aromatic rings. The lowest BCUT2D eigenvalue weighted by molar-refractivity contribution is 0.192. The molecule has 1 heterocycles. The van der Waals surface area contributed by atoms with Crippen molar-refractivity contribution in [1.29, 1.82) is 0 Å². The van der Waals surface area contributed by atoms with Gasteiger partial charge in [0, 0.05) is 25.3 Å². The first-order valence-corrected chi connectivity index (χ1v) is 11.3. The molecule has 4 rings (SSSR count). The number of carbonyl (C=O) groups excluding carboxylic acids is 2. The van der Waals surface area contributed by atoms with E-state index in [0.717, 1.165) is 17.5 Å². The molecular formula is C27H30N4O2. The van der Waals surface area contributed by atoms with Crippen LogP contribution < -0.4 is 15.5 Å². The molecule has 0 radical (unpaired) electrons. The zero-order valence-electron chi connectivity index (χ0n) is 19.4. The van der Waals surface area contributed by atoms with Crippen molar-refractivity contribution in [3.05, 3.63) is 89.0 Å². The number of nitrogens with zero attached hydrogens (tertiary/aromatic N) is 2. The van der Waals surface area contributed by atoms with Crippen LogP contribution in [0, 0.1) is 20.8 Å². The fourth-order valence-corrected chi connectivity index (χ4v) is 4.32. The molecule has 1 aliphatic rings. The summed E-state index contributed by atoms with van der Waals surface area (Å²) in [5.41, 5.74) is 6.56. The summed E-state index contributed by atoms with van der Waals surface area (Å²) in [7, 11) is 0. The Morgan fingerprint density at radius 1 is 0.848 bits per heavy atom. The van der Waals surface area contributed by atoms with Gasteiger partial charge in [-0.2, -0.15) is 0 Å². The third-order valence-electron chi connectivity index (χ3n) is 5.69. The van der Waals surface area contributed by atoms with E-state index >= 15 is 0 Å². The van der Waals surface area contributed by atoms with Gasteiger partial charge in [-0.05, 0) is 62.6 Å². The van der Waals surface area contributed by atoms with Gasteiger partial charge < -0.3 is 15.5 Å². The topological polar surface area (TPSA) is 64.7 Å². The van der Waals surface area contributed by atoms with Crippen molar-refractivity contribution < 1.29 is 9.59 Å². The summed E-state index contributed by atoms with van der Waals surface area (Å²) in [6, 6.07) is 21.1. The SMILES string of the molecule is Cc1cc(C)cc(CN2CCCN(c3ccc(C)cc3NC(=O)Nc3ccccc3)C2=O)c1. The van der Waals surface area contributed by atoms with Crippen LogP contribution in [0.3, 0.4) is 0 Å². The summed E-state index contributed by atoms with van der Waals surface area (Å²) >= 11 is 0. The number of nitrogens with one attached hydrogen (secondary N) is 2. The minimum Gasteiger partial charge on any atom is -0.320 e. The lowest BCUT2D eigenvalue weighted by Gasteiger charge is -2.36. The minimum atomic E-state index is -0.343. The lowest BCUT2D eigenvalue weighted by atomic mass is 10.1. The summed E-state index contributed by atoms with van der Waals surface area (Å²) in [6.07, 6.45) is 0.861. The van der Waals surface area contributed by atoms with Crippen LogP contribution in [0.4, 0.5) is 26.7 Å². The zero-order valence-corrected chi connectivity index (χ0v) is 19.4. The van der Waals surface area contributed by atoms with Crippen LogP contribution in [0.1, 0.15) is 28.7 Å². The van der Waals surface area contributed by atoms with Crippen LogP contribution >= 0.6 is 0 Å². The molecule has 1 fully saturated rings. The van der Waals surface area contributed by atoms with E-state index in [0.29, 0.717) is 36.7 Å². The molecule has 0 atom stereocenters. The predicted octanol–water partition coefficient (Wildman–Crippen LogP) is 6.09. The van der Waals surface area contributed by atoms with Crippen molar-refractivity contribution in [2.75, 3.05) is 28.6 Å². The Hall–Kier alpha value is -3.80. The monoisotopic (exact) mass is 442 g/mol. The maximum absolute atomic E-state index is 13.4. The number of amides is 4. The van der Waals surface area contributed by atoms with Gasteiger partial charge in [-0.3, -0.25) is 4.90 Å². The van der Waals surface area contributed by atoms with Gasteiger partial charge in [-0.1, -0.05) is 53.6 Å². The highest BCUT2D eigenvalue weighted by molar-refractivity contribution is 6.04. The van der Waals surface area contributed by atoms with Gasteiger partial charge >= 0.3 is 12.1 Å². The van der Waals surface area contributed by atoms with Crippen molar-refractivity contribution in [1.82, 2.24) is 4.90 Å². The summed E-state index contributed by atoms with van der Waals surface area (Å²) in [6.45, 7) is 8.01. The van der Waals surface area contributed by atoms with Crippen molar-refractivity contribution in [2.45, 2.75) is 33.7 Å². The van der Waals surface area contributed by atoms with E-state index < -0.39 is 0 Å². The number of hydrogen-bond donors (Lipinski definition) is 2. The quantitative estimate of drug-likeness (QED) is 0.502. The molecule has 2 N–H and O–H groups in total. The summed E-state index contributed by atoms with van der Waals surface area (Å²) in [5.74, 6) is 0. The Morgan fingerprint density at radius 3 is 2.30 bits per heavy atom. The number of para-hydroxylation sites is 1. The zero-order chi connectivity index (χ0) is 23.4. The average Bonchev–Trinajstić information content (AvgIpc) is 2.76. The van der Waals surface area contributed by atoms with E-state index in [-0.39, 0.29) is 12.1 Å². The standard InChI is InChI=1S/C27H30N4O2/c1-19-10-11-25(24(17-19)29-26(32)28-23-8-5-4-6-9-23)31-13-7-12-30(27(31)33)18-22-15-20(2)14-21(3)16-22/h4-6,8-11,14-17H,7,12-13,18H2,1-3H3,(H2,28,29,32). The summed E-state index contributed by atoms with van der Waals surface area (Å²) in [4.78, 5) is 29.7. The molecule has 4 amide bonds. The van der Waals surface area contributed by atoms with E-state index in [1.54, 1.807) is 4.90 Å². The van der Waals surface area contributed by atoms with Gasteiger partial charge in [0.1, 0.15) is 0 Å². The van der Waals surface area contributed by atoms with Gasteiger partial charge in [0.2, 0.25) is 0 Å². The fraction of sp³-hybridized carbons (Fsp3) is 0.259. The molecule has 170 valence electrons. The lowest BCUT2D eigenvalue weighted by Crippen LogP contribution is -2.49. The normalized spacial score (nSPS) is 13.7. The molecule has 6 nitrogen and oxygen atoms in total. The van der Waals surface area contributed by atoms with Crippen LogP contribution in [0.5, 0.6) is 0 Å². The Morgan fingerprint density at radius 2 is 1.58 bits per heavy atom. The summed E-state index contributed by atoms with van der Waals surface area (Å²) in [5, 5.41) is 5.77. The van der Waals surface area contributed by atoms with E-state index in [1.165, 1.54) is 11.1 Å². The molecule has 0 saturated carbocycles. The molecule has 1 saturated heterocycles. The predicted molar refractivity (Wildman–Crippen MR) is 134 cm³/mol. The number of benzene rings is 3. The Labute approximate surface area is 195 Å². The minimum absolute atomic E-state index is 0.0456. The first-order chi connectivity index (χ1) is 15.9. The number of rotatable bonds is 5. The van der Waals surface area contributed by atoms with Crippen LogP contribution in [-0.4, -0.2) is 30.1 Å². The maximum atomic E-state index is 13.4. The first-order valence-electron chi connectivity index (χ1n) is 11.3. The molecule has 0 bridgehead atoms. The van der Waals surface area contributed by atoms with Crippen molar-refractivity contribution in [3.63, 3.8) is 0 Å². The van der Waals surface area contributed by atoms with Crippen LogP contribution in [-0.2, 0) is 6.54 Å². The second kappa shape index (κ2) is 9.77. The number of carbonyl (C=O) groups is 2. The second-order valence-electron chi connectivity index (χ2n) is 8.67. The highest BCUT2D eigenvalue weighted by atomic mass is 16.2. The molecule has 0 unspecified atom stereocenters. The first kappa shape index (κ1) is 22.4. The molecule has 0 aromatic heterocycles. The number of aryl methyl sites for hydroxylation is 3. The number of urea groups is 2. The number of hydrogen-bond acceptors (Lipinski definition) is 2. The van der Waals surface area contributed by atoms with Gasteiger partial charge in [0.25, 0.3) is 0 Å². The highest BCUT2D eigenvalue weighted by Gasteiger charge is 2.28. The van der Waals surface area contributed by atoms with E-state index in [2.05, 4.69) is 42.7 Å².